The maximum absolute atomic E-state index is 13.3. The minimum atomic E-state index is -3.58. The van der Waals surface area contributed by atoms with Gasteiger partial charge in [0.2, 0.25) is 21.8 Å². The summed E-state index contributed by atoms with van der Waals surface area (Å²) in [7, 11) is -3.58. The van der Waals surface area contributed by atoms with Crippen LogP contribution in [0.5, 0.6) is 0 Å². The van der Waals surface area contributed by atoms with Gasteiger partial charge >= 0.3 is 0 Å². The molecular formula is C25H32Cl3N3O4S. The molecule has 2 aromatic rings. The van der Waals surface area contributed by atoms with E-state index in [1.807, 2.05) is 13.8 Å². The zero-order chi connectivity index (χ0) is 27.0. The third-order valence-electron chi connectivity index (χ3n) is 5.77. The molecule has 0 saturated carbocycles. The number of rotatable bonds is 12. The molecule has 2 amide bonds. The second-order valence-electron chi connectivity index (χ2n) is 8.68. The normalized spacial score (nSPS) is 13.1. The van der Waals surface area contributed by atoms with E-state index in [0.717, 1.165) is 18.2 Å². The van der Waals surface area contributed by atoms with Crippen LogP contribution >= 0.6 is 34.8 Å². The van der Waals surface area contributed by atoms with Crippen molar-refractivity contribution in [3.8, 4) is 0 Å². The number of nitrogens with zero attached hydrogens (tertiary/aromatic N) is 2. The van der Waals surface area contributed by atoms with Crippen molar-refractivity contribution in [2.24, 2.45) is 0 Å². The molecular weight excluding hydrogens is 545 g/mol. The average molecular weight is 577 g/mol. The Morgan fingerprint density at radius 1 is 1.00 bits per heavy atom. The van der Waals surface area contributed by atoms with Crippen LogP contribution in [0.15, 0.2) is 42.5 Å². The number of carbonyl (C=O) groups excluding carboxylic acids is 2. The number of nitrogens with one attached hydrogen (secondary N) is 1. The van der Waals surface area contributed by atoms with E-state index in [1.54, 1.807) is 49.4 Å². The molecule has 2 atom stereocenters. The number of benzene rings is 2. The predicted molar refractivity (Wildman–Crippen MR) is 147 cm³/mol. The second kappa shape index (κ2) is 13.5. The van der Waals surface area contributed by atoms with E-state index in [0.29, 0.717) is 20.8 Å². The largest absolute Gasteiger partial charge is 0.352 e. The van der Waals surface area contributed by atoms with E-state index in [4.69, 9.17) is 34.8 Å². The Morgan fingerprint density at radius 3 is 2.19 bits per heavy atom. The lowest BCUT2D eigenvalue weighted by molar-refractivity contribution is -0.140. The number of sulfonamides is 1. The van der Waals surface area contributed by atoms with Crippen LogP contribution in [-0.2, 0) is 26.2 Å². The van der Waals surface area contributed by atoms with Crippen molar-refractivity contribution >= 4 is 62.3 Å². The molecule has 0 saturated heterocycles. The average Bonchev–Trinajstić information content (AvgIpc) is 2.81. The van der Waals surface area contributed by atoms with Gasteiger partial charge in [-0.3, -0.25) is 13.9 Å². The Balaban J connectivity index is 2.19. The van der Waals surface area contributed by atoms with Crippen molar-refractivity contribution in [2.45, 2.75) is 58.7 Å². The molecule has 0 radical (unpaired) electrons. The zero-order valence-corrected chi connectivity index (χ0v) is 23.9. The summed E-state index contributed by atoms with van der Waals surface area (Å²) in [6.45, 7) is 5.77. The molecule has 2 rings (SSSR count). The lowest BCUT2D eigenvalue weighted by Gasteiger charge is -2.30. The van der Waals surface area contributed by atoms with Crippen LogP contribution in [0.2, 0.25) is 15.1 Å². The van der Waals surface area contributed by atoms with E-state index >= 15 is 0 Å². The summed E-state index contributed by atoms with van der Waals surface area (Å²) in [5, 5.41) is 4.15. The second-order valence-corrected chi connectivity index (χ2v) is 11.8. The van der Waals surface area contributed by atoms with E-state index < -0.39 is 16.1 Å². The van der Waals surface area contributed by atoms with Gasteiger partial charge in [0.05, 0.1) is 22.0 Å². The van der Waals surface area contributed by atoms with E-state index in [1.165, 1.54) is 9.21 Å². The number of halogens is 3. The van der Waals surface area contributed by atoms with Crippen LogP contribution in [0, 0.1) is 0 Å². The smallest absolute Gasteiger partial charge is 0.242 e. The summed E-state index contributed by atoms with van der Waals surface area (Å²) in [4.78, 5) is 27.6. The third-order valence-corrected chi connectivity index (χ3v) is 7.96. The summed E-state index contributed by atoms with van der Waals surface area (Å²) in [6, 6.07) is 10.7. The highest BCUT2D eigenvalue weighted by atomic mass is 35.5. The lowest BCUT2D eigenvalue weighted by Crippen LogP contribution is -2.49. The number of carbonyl (C=O) groups is 2. The minimum absolute atomic E-state index is 0.0374. The van der Waals surface area contributed by atoms with Crippen LogP contribution in [0.4, 0.5) is 5.69 Å². The van der Waals surface area contributed by atoms with Gasteiger partial charge in [-0.05, 0) is 68.7 Å². The molecule has 0 aromatic heterocycles. The molecule has 2 unspecified atom stereocenters. The Hall–Kier alpha value is -2.00. The Labute approximate surface area is 228 Å². The fourth-order valence-corrected chi connectivity index (χ4v) is 4.91. The van der Waals surface area contributed by atoms with Crippen LogP contribution < -0.4 is 9.62 Å². The highest BCUT2D eigenvalue weighted by Crippen LogP contribution is 2.25. The lowest BCUT2D eigenvalue weighted by atomic mass is 10.1. The molecule has 1 N–H and O–H groups in total. The molecule has 36 heavy (non-hydrogen) atoms. The van der Waals surface area contributed by atoms with Crippen LogP contribution in [0.25, 0.3) is 0 Å². The van der Waals surface area contributed by atoms with Gasteiger partial charge in [0.1, 0.15) is 6.04 Å². The Bertz CT molecular complexity index is 1160. The molecule has 7 nitrogen and oxygen atoms in total. The van der Waals surface area contributed by atoms with Gasteiger partial charge in [0, 0.05) is 30.6 Å². The number of hydrogen-bond acceptors (Lipinski definition) is 4. The van der Waals surface area contributed by atoms with Gasteiger partial charge in [-0.25, -0.2) is 8.42 Å². The quantitative estimate of drug-likeness (QED) is 0.360. The first-order chi connectivity index (χ1) is 16.8. The van der Waals surface area contributed by atoms with Gasteiger partial charge in [-0.1, -0.05) is 47.8 Å². The zero-order valence-electron chi connectivity index (χ0n) is 20.8. The summed E-state index contributed by atoms with van der Waals surface area (Å²) in [5.74, 6) is -0.547. The predicted octanol–water partition coefficient (Wildman–Crippen LogP) is 5.53. The fraction of sp³-hybridized carbons (Fsp3) is 0.440. The maximum atomic E-state index is 13.3. The topological polar surface area (TPSA) is 86.8 Å². The highest BCUT2D eigenvalue weighted by Gasteiger charge is 2.27. The van der Waals surface area contributed by atoms with Gasteiger partial charge < -0.3 is 10.2 Å². The van der Waals surface area contributed by atoms with Gasteiger partial charge in [0.25, 0.3) is 0 Å². The Morgan fingerprint density at radius 2 is 1.64 bits per heavy atom. The SMILES string of the molecule is CCC(C)NC(=O)C(C)N(Cc1ccc(Cl)c(Cl)c1)C(=O)CCCN(c1ccc(Cl)cc1)S(C)(=O)=O. The molecule has 198 valence electrons. The summed E-state index contributed by atoms with van der Waals surface area (Å²) < 4.78 is 26.0. The molecule has 2 aromatic carbocycles. The molecule has 0 aliphatic heterocycles. The van der Waals surface area contributed by atoms with E-state index in [2.05, 4.69) is 5.32 Å². The summed E-state index contributed by atoms with van der Waals surface area (Å²) >= 11 is 18.1. The van der Waals surface area contributed by atoms with Gasteiger partial charge in [-0.15, -0.1) is 0 Å². The molecule has 11 heteroatoms. The molecule has 0 bridgehead atoms. The first-order valence-electron chi connectivity index (χ1n) is 11.6. The van der Waals surface area contributed by atoms with Gasteiger partial charge in [0.15, 0.2) is 0 Å². The van der Waals surface area contributed by atoms with Crippen LogP contribution in [0.1, 0.15) is 45.6 Å². The summed E-state index contributed by atoms with van der Waals surface area (Å²) in [6.07, 6.45) is 2.17. The first-order valence-corrected chi connectivity index (χ1v) is 14.6. The van der Waals surface area contributed by atoms with Crippen LogP contribution in [-0.4, -0.2) is 50.0 Å². The van der Waals surface area contributed by atoms with Crippen molar-refractivity contribution in [1.29, 1.82) is 0 Å². The molecule has 0 aliphatic carbocycles. The van der Waals surface area contributed by atoms with E-state index in [9.17, 15) is 18.0 Å². The molecule has 0 heterocycles. The molecule has 0 spiro atoms. The first kappa shape index (κ1) is 30.2. The monoisotopic (exact) mass is 575 g/mol. The molecule has 0 aliphatic rings. The van der Waals surface area contributed by atoms with E-state index in [-0.39, 0.29) is 43.8 Å². The van der Waals surface area contributed by atoms with Crippen molar-refractivity contribution in [2.75, 3.05) is 17.1 Å². The maximum Gasteiger partial charge on any atom is 0.242 e. The fourth-order valence-electron chi connectivity index (χ4n) is 3.49. The number of anilines is 1. The standard InChI is InChI=1S/C25H32Cl3N3O4S/c1-5-17(2)29-25(33)18(3)30(16-19-8-13-22(27)23(28)15-19)24(32)7-6-14-31(36(4,34)35)21-11-9-20(26)10-12-21/h8-13,15,17-18H,5-7,14,16H2,1-4H3,(H,29,33). The minimum Gasteiger partial charge on any atom is -0.352 e. The molecule has 0 fully saturated rings. The van der Waals surface area contributed by atoms with Gasteiger partial charge in [-0.2, -0.15) is 0 Å². The highest BCUT2D eigenvalue weighted by molar-refractivity contribution is 7.92. The third kappa shape index (κ3) is 8.83. The van der Waals surface area contributed by atoms with Crippen molar-refractivity contribution < 1.29 is 18.0 Å². The Kier molecular flexibility index (Phi) is 11.3. The van der Waals surface area contributed by atoms with Crippen molar-refractivity contribution in [3.05, 3.63) is 63.1 Å². The number of hydrogen-bond donors (Lipinski definition) is 1. The number of amides is 2. The van der Waals surface area contributed by atoms with Crippen molar-refractivity contribution in [3.63, 3.8) is 0 Å². The summed E-state index contributed by atoms with van der Waals surface area (Å²) in [5.41, 5.74) is 1.18. The van der Waals surface area contributed by atoms with Crippen molar-refractivity contribution in [1.82, 2.24) is 10.2 Å². The van der Waals surface area contributed by atoms with Crippen LogP contribution in [0.3, 0.4) is 0 Å².